The zero-order valence-electron chi connectivity index (χ0n) is 16.6. The summed E-state index contributed by atoms with van der Waals surface area (Å²) in [5.41, 5.74) is 4.79. The van der Waals surface area contributed by atoms with Crippen LogP contribution < -0.4 is 15.0 Å². The highest BCUT2D eigenvalue weighted by Gasteiger charge is 2.24. The minimum atomic E-state index is -0.0476. The van der Waals surface area contributed by atoms with Crippen LogP contribution in [0.15, 0.2) is 66.9 Å². The van der Waals surface area contributed by atoms with Gasteiger partial charge in [0.15, 0.2) is 0 Å². The third-order valence-electron chi connectivity index (χ3n) is 5.21. The first-order valence-electron chi connectivity index (χ1n) is 9.97. The van der Waals surface area contributed by atoms with Gasteiger partial charge in [0.25, 0.3) is 5.91 Å². The first-order chi connectivity index (χ1) is 14.2. The van der Waals surface area contributed by atoms with Gasteiger partial charge in [-0.1, -0.05) is 30.3 Å². The Morgan fingerprint density at radius 1 is 1.14 bits per heavy atom. The number of ether oxygens (including phenoxy) is 1. The molecule has 0 atom stereocenters. The molecule has 2 aromatic carbocycles. The van der Waals surface area contributed by atoms with E-state index in [0.717, 1.165) is 49.5 Å². The van der Waals surface area contributed by atoms with E-state index in [-0.39, 0.29) is 5.91 Å². The van der Waals surface area contributed by atoms with E-state index in [2.05, 4.69) is 22.4 Å². The summed E-state index contributed by atoms with van der Waals surface area (Å²) in [5, 5.41) is 3.40. The highest BCUT2D eigenvalue weighted by Crippen LogP contribution is 2.28. The van der Waals surface area contributed by atoms with Crippen molar-refractivity contribution in [2.45, 2.75) is 19.3 Å². The average molecular weight is 387 g/mol. The molecule has 1 aliphatic heterocycles. The molecule has 0 bridgehead atoms. The van der Waals surface area contributed by atoms with Crippen molar-refractivity contribution in [1.82, 2.24) is 4.98 Å². The number of methoxy groups -OCH3 is 1. The molecule has 4 rings (SSSR count). The summed E-state index contributed by atoms with van der Waals surface area (Å²) in [7, 11) is 1.67. The smallest absolute Gasteiger partial charge is 0.276 e. The number of anilines is 2. The maximum Gasteiger partial charge on any atom is 0.276 e. The second-order valence-electron chi connectivity index (χ2n) is 7.15. The molecule has 1 aromatic heterocycles. The SMILES string of the molecule is COc1cccc(CCNc2ccnc(C(=O)N3CCCc4ccccc43)c2)c1. The Balaban J connectivity index is 1.43. The zero-order valence-corrected chi connectivity index (χ0v) is 16.6. The van der Waals surface area contributed by atoms with E-state index in [1.807, 2.05) is 53.4 Å². The van der Waals surface area contributed by atoms with Crippen molar-refractivity contribution in [3.63, 3.8) is 0 Å². The molecule has 5 nitrogen and oxygen atoms in total. The van der Waals surface area contributed by atoms with Crippen LogP contribution >= 0.6 is 0 Å². The lowest BCUT2D eigenvalue weighted by atomic mass is 10.0. The fourth-order valence-electron chi connectivity index (χ4n) is 3.72. The lowest BCUT2D eigenvalue weighted by molar-refractivity contribution is 0.0980. The Morgan fingerprint density at radius 2 is 2.03 bits per heavy atom. The van der Waals surface area contributed by atoms with Crippen LogP contribution in [0.25, 0.3) is 0 Å². The molecule has 0 fully saturated rings. The summed E-state index contributed by atoms with van der Waals surface area (Å²) in [4.78, 5) is 19.3. The number of para-hydroxylation sites is 1. The van der Waals surface area contributed by atoms with Gasteiger partial charge in [-0.25, -0.2) is 0 Å². The van der Waals surface area contributed by atoms with Crippen LogP contribution in [-0.4, -0.2) is 31.1 Å². The summed E-state index contributed by atoms with van der Waals surface area (Å²) in [6, 6.07) is 19.9. The van der Waals surface area contributed by atoms with Crippen molar-refractivity contribution < 1.29 is 9.53 Å². The molecule has 0 radical (unpaired) electrons. The summed E-state index contributed by atoms with van der Waals surface area (Å²) < 4.78 is 5.27. The minimum Gasteiger partial charge on any atom is -0.497 e. The van der Waals surface area contributed by atoms with Crippen LogP contribution in [0.1, 0.15) is 28.0 Å². The maximum atomic E-state index is 13.1. The van der Waals surface area contributed by atoms with E-state index in [1.165, 1.54) is 11.1 Å². The van der Waals surface area contributed by atoms with Gasteiger partial charge in [0, 0.05) is 30.7 Å². The van der Waals surface area contributed by atoms with Crippen molar-refractivity contribution in [3.8, 4) is 5.75 Å². The first-order valence-corrected chi connectivity index (χ1v) is 9.97. The summed E-state index contributed by atoms with van der Waals surface area (Å²) >= 11 is 0. The molecule has 2 heterocycles. The largest absolute Gasteiger partial charge is 0.497 e. The Labute approximate surface area is 171 Å². The number of nitrogens with one attached hydrogen (secondary N) is 1. The van der Waals surface area contributed by atoms with Crippen LogP contribution in [0.3, 0.4) is 0 Å². The topological polar surface area (TPSA) is 54.5 Å². The van der Waals surface area contributed by atoms with Crippen LogP contribution in [0.2, 0.25) is 0 Å². The quantitative estimate of drug-likeness (QED) is 0.684. The molecule has 148 valence electrons. The highest BCUT2D eigenvalue weighted by atomic mass is 16.5. The van der Waals surface area contributed by atoms with Gasteiger partial charge < -0.3 is 15.0 Å². The average Bonchev–Trinajstić information content (AvgIpc) is 2.78. The van der Waals surface area contributed by atoms with E-state index >= 15 is 0 Å². The van der Waals surface area contributed by atoms with E-state index in [4.69, 9.17) is 4.74 Å². The monoisotopic (exact) mass is 387 g/mol. The second kappa shape index (κ2) is 8.78. The molecule has 0 unspecified atom stereocenters. The second-order valence-corrected chi connectivity index (χ2v) is 7.15. The third kappa shape index (κ3) is 4.40. The van der Waals surface area contributed by atoms with Gasteiger partial charge in [0.2, 0.25) is 0 Å². The minimum absolute atomic E-state index is 0.0476. The van der Waals surface area contributed by atoms with Crippen LogP contribution in [0, 0.1) is 0 Å². The van der Waals surface area contributed by atoms with Crippen LogP contribution in [0.5, 0.6) is 5.75 Å². The van der Waals surface area contributed by atoms with Gasteiger partial charge in [-0.3, -0.25) is 9.78 Å². The van der Waals surface area contributed by atoms with Gasteiger partial charge >= 0.3 is 0 Å². The number of benzene rings is 2. The molecular weight excluding hydrogens is 362 g/mol. The number of rotatable bonds is 6. The number of pyridine rings is 1. The predicted octanol–water partition coefficient (Wildman–Crippen LogP) is 4.34. The molecule has 29 heavy (non-hydrogen) atoms. The number of aryl methyl sites for hydroxylation is 1. The molecule has 0 spiro atoms. The van der Waals surface area contributed by atoms with Crippen molar-refractivity contribution in [2.24, 2.45) is 0 Å². The number of carbonyl (C=O) groups excluding carboxylic acids is 1. The maximum absolute atomic E-state index is 13.1. The lowest BCUT2D eigenvalue weighted by Crippen LogP contribution is -2.35. The number of fused-ring (bicyclic) bond motifs is 1. The Hall–Kier alpha value is -3.34. The van der Waals surface area contributed by atoms with Gasteiger partial charge in [0.1, 0.15) is 11.4 Å². The molecule has 1 aliphatic rings. The molecular formula is C24H25N3O2. The van der Waals surface area contributed by atoms with Gasteiger partial charge in [-0.15, -0.1) is 0 Å². The zero-order chi connectivity index (χ0) is 20.1. The third-order valence-corrected chi connectivity index (χ3v) is 5.21. The fraction of sp³-hybridized carbons (Fsp3) is 0.250. The predicted molar refractivity (Wildman–Crippen MR) is 116 cm³/mol. The Kier molecular flexibility index (Phi) is 5.75. The molecule has 0 saturated carbocycles. The molecule has 1 amide bonds. The van der Waals surface area contributed by atoms with Crippen LogP contribution in [0.4, 0.5) is 11.4 Å². The number of hydrogen-bond acceptors (Lipinski definition) is 4. The normalized spacial score (nSPS) is 12.9. The first kappa shape index (κ1) is 19.0. The molecule has 3 aromatic rings. The Bertz CT molecular complexity index is 1000. The number of aromatic nitrogens is 1. The highest BCUT2D eigenvalue weighted by molar-refractivity contribution is 6.05. The van der Waals surface area contributed by atoms with Crippen molar-refractivity contribution in [1.29, 1.82) is 0 Å². The van der Waals surface area contributed by atoms with E-state index < -0.39 is 0 Å². The van der Waals surface area contributed by atoms with Crippen molar-refractivity contribution >= 4 is 17.3 Å². The molecule has 5 heteroatoms. The number of amides is 1. The van der Waals surface area contributed by atoms with E-state index in [9.17, 15) is 4.79 Å². The summed E-state index contributed by atoms with van der Waals surface area (Å²) in [6.07, 6.45) is 4.54. The van der Waals surface area contributed by atoms with Gasteiger partial charge in [0.05, 0.1) is 7.11 Å². The Morgan fingerprint density at radius 3 is 2.93 bits per heavy atom. The molecule has 0 aliphatic carbocycles. The van der Waals surface area contributed by atoms with Crippen molar-refractivity contribution in [3.05, 3.63) is 83.7 Å². The van der Waals surface area contributed by atoms with Crippen molar-refractivity contribution in [2.75, 3.05) is 30.4 Å². The number of hydrogen-bond donors (Lipinski definition) is 1. The summed E-state index contributed by atoms with van der Waals surface area (Å²) in [5.74, 6) is 0.815. The van der Waals surface area contributed by atoms with E-state index in [0.29, 0.717) is 5.69 Å². The number of nitrogens with zero attached hydrogens (tertiary/aromatic N) is 2. The fourth-order valence-corrected chi connectivity index (χ4v) is 3.72. The lowest BCUT2D eigenvalue weighted by Gasteiger charge is -2.29. The van der Waals surface area contributed by atoms with E-state index in [1.54, 1.807) is 13.3 Å². The molecule has 0 saturated heterocycles. The van der Waals surface area contributed by atoms with Gasteiger partial charge in [-0.05, 0) is 60.7 Å². The van der Waals surface area contributed by atoms with Gasteiger partial charge in [-0.2, -0.15) is 0 Å². The number of carbonyl (C=O) groups is 1. The summed E-state index contributed by atoms with van der Waals surface area (Å²) in [6.45, 7) is 1.49. The standard InChI is InChI=1S/C24H25N3O2/c1-29-21-9-4-6-18(16-21)11-13-25-20-12-14-26-22(17-20)24(28)27-15-5-8-19-7-2-3-10-23(19)27/h2-4,6-7,9-10,12,14,16-17H,5,8,11,13,15H2,1H3,(H,25,26). The molecule has 1 N–H and O–H groups in total. The van der Waals surface area contributed by atoms with Crippen LogP contribution in [-0.2, 0) is 12.8 Å².